The van der Waals surface area contributed by atoms with Gasteiger partial charge in [0.25, 0.3) is 0 Å². The van der Waals surface area contributed by atoms with Gasteiger partial charge in [0, 0.05) is 35.7 Å². The Balaban J connectivity index is 2.67. The fourth-order valence-electron chi connectivity index (χ4n) is 2.32. The van der Waals surface area contributed by atoms with Gasteiger partial charge in [-0.1, -0.05) is 27.7 Å². The van der Waals surface area contributed by atoms with Gasteiger partial charge < -0.3 is 5.32 Å². The van der Waals surface area contributed by atoms with Gasteiger partial charge in [0.15, 0.2) is 0 Å². The van der Waals surface area contributed by atoms with E-state index >= 15 is 0 Å². The molecular weight excluding hydrogens is 278 g/mol. The summed E-state index contributed by atoms with van der Waals surface area (Å²) in [6.45, 7) is 13.3. The molecule has 0 aliphatic carbocycles. The summed E-state index contributed by atoms with van der Waals surface area (Å²) in [6.07, 6.45) is 4.55. The van der Waals surface area contributed by atoms with Crippen molar-refractivity contribution in [3.05, 3.63) is 17.5 Å². The number of nitrogens with one attached hydrogen (secondary N) is 1. The average molecular weight is 312 g/mol. The van der Waals surface area contributed by atoms with Crippen molar-refractivity contribution in [2.45, 2.75) is 78.1 Å². The number of aromatic nitrogens is 2. The molecule has 0 fully saturated rings. The predicted molar refractivity (Wildman–Crippen MR) is 95.3 cm³/mol. The van der Waals surface area contributed by atoms with Gasteiger partial charge in [0.05, 0.1) is 5.69 Å². The molecular formula is C17H33N3S. The van der Waals surface area contributed by atoms with Crippen molar-refractivity contribution in [3.63, 3.8) is 0 Å². The molecule has 0 bridgehead atoms. The number of hydrogen-bond acceptors (Lipinski definition) is 3. The third-order valence-corrected chi connectivity index (χ3v) is 5.37. The van der Waals surface area contributed by atoms with E-state index in [1.165, 1.54) is 30.0 Å². The van der Waals surface area contributed by atoms with Crippen molar-refractivity contribution < 1.29 is 0 Å². The molecule has 0 aliphatic rings. The van der Waals surface area contributed by atoms with Crippen molar-refractivity contribution in [1.82, 2.24) is 15.1 Å². The molecule has 0 aliphatic heterocycles. The first kappa shape index (κ1) is 18.6. The SMILES string of the molecule is CCCNC(CSC(C)CC)Cc1cc(CC)nn1CC. The Hall–Kier alpha value is -0.480. The smallest absolute Gasteiger partial charge is 0.0624 e. The lowest BCUT2D eigenvalue weighted by Gasteiger charge is -2.20. The summed E-state index contributed by atoms with van der Waals surface area (Å²) < 4.78 is 2.17. The van der Waals surface area contributed by atoms with Crippen LogP contribution in [0.1, 0.15) is 58.8 Å². The van der Waals surface area contributed by atoms with Crippen LogP contribution in [0.4, 0.5) is 0 Å². The van der Waals surface area contributed by atoms with E-state index in [1.807, 2.05) is 0 Å². The minimum absolute atomic E-state index is 0.552. The molecule has 0 aromatic carbocycles. The molecule has 1 N–H and O–H groups in total. The lowest BCUT2D eigenvalue weighted by Crippen LogP contribution is -2.35. The first-order valence-electron chi connectivity index (χ1n) is 8.55. The maximum atomic E-state index is 4.67. The molecule has 1 heterocycles. The first-order valence-corrected chi connectivity index (χ1v) is 9.59. The number of hydrogen-bond donors (Lipinski definition) is 1. The third kappa shape index (κ3) is 6.43. The van der Waals surface area contributed by atoms with Crippen molar-refractivity contribution >= 4 is 11.8 Å². The van der Waals surface area contributed by atoms with Crippen LogP contribution >= 0.6 is 11.8 Å². The molecule has 0 saturated heterocycles. The van der Waals surface area contributed by atoms with Crippen LogP contribution in [0, 0.1) is 0 Å². The summed E-state index contributed by atoms with van der Waals surface area (Å²) >= 11 is 2.09. The fourth-order valence-corrected chi connectivity index (χ4v) is 3.35. The second kappa shape index (κ2) is 10.3. The lowest BCUT2D eigenvalue weighted by molar-refractivity contribution is 0.519. The summed E-state index contributed by atoms with van der Waals surface area (Å²) in [7, 11) is 0. The minimum Gasteiger partial charge on any atom is -0.313 e. The van der Waals surface area contributed by atoms with Crippen molar-refractivity contribution in [2.24, 2.45) is 0 Å². The van der Waals surface area contributed by atoms with Crippen LogP contribution in [0.3, 0.4) is 0 Å². The zero-order valence-corrected chi connectivity index (χ0v) is 15.3. The van der Waals surface area contributed by atoms with Crippen molar-refractivity contribution in [3.8, 4) is 0 Å². The third-order valence-electron chi connectivity index (χ3n) is 3.87. The summed E-state index contributed by atoms with van der Waals surface area (Å²) in [5.41, 5.74) is 2.60. The quantitative estimate of drug-likeness (QED) is 0.672. The summed E-state index contributed by atoms with van der Waals surface area (Å²) in [5, 5.41) is 9.14. The molecule has 0 spiro atoms. The zero-order chi connectivity index (χ0) is 15.7. The van der Waals surface area contributed by atoms with E-state index in [4.69, 9.17) is 0 Å². The van der Waals surface area contributed by atoms with E-state index in [0.717, 1.165) is 31.2 Å². The summed E-state index contributed by atoms with van der Waals surface area (Å²) in [5.74, 6) is 1.19. The predicted octanol–water partition coefficient (Wildman–Crippen LogP) is 3.91. The Labute approximate surface area is 135 Å². The molecule has 2 atom stereocenters. The monoisotopic (exact) mass is 311 g/mol. The minimum atomic E-state index is 0.552. The van der Waals surface area contributed by atoms with Crippen LogP contribution in [-0.4, -0.2) is 33.4 Å². The standard InChI is InChI=1S/C17H33N3S/c1-6-10-18-16(13-21-14(5)7-2)12-17-11-15(8-3)19-20(17)9-4/h11,14,16,18H,6-10,12-13H2,1-5H3. The second-order valence-corrected chi connectivity index (χ2v) is 7.18. The van der Waals surface area contributed by atoms with Crippen LogP contribution in [0.5, 0.6) is 0 Å². The van der Waals surface area contributed by atoms with Gasteiger partial charge in [0.1, 0.15) is 0 Å². The van der Waals surface area contributed by atoms with E-state index in [2.05, 4.69) is 67.5 Å². The van der Waals surface area contributed by atoms with E-state index in [-0.39, 0.29) is 0 Å². The van der Waals surface area contributed by atoms with Crippen LogP contribution < -0.4 is 5.32 Å². The fraction of sp³-hybridized carbons (Fsp3) is 0.824. The Morgan fingerprint density at radius 2 is 2.05 bits per heavy atom. The molecule has 1 rings (SSSR count). The van der Waals surface area contributed by atoms with Gasteiger partial charge in [-0.25, -0.2) is 0 Å². The maximum absolute atomic E-state index is 4.67. The van der Waals surface area contributed by atoms with Crippen molar-refractivity contribution in [1.29, 1.82) is 0 Å². The highest BCUT2D eigenvalue weighted by Gasteiger charge is 2.14. The lowest BCUT2D eigenvalue weighted by atomic mass is 10.1. The summed E-state index contributed by atoms with van der Waals surface area (Å²) in [6, 6.07) is 2.84. The number of nitrogens with zero attached hydrogens (tertiary/aromatic N) is 2. The maximum Gasteiger partial charge on any atom is 0.0624 e. The van der Waals surface area contributed by atoms with E-state index in [0.29, 0.717) is 6.04 Å². The van der Waals surface area contributed by atoms with Crippen LogP contribution in [0.15, 0.2) is 6.07 Å². The molecule has 3 nitrogen and oxygen atoms in total. The first-order chi connectivity index (χ1) is 10.1. The Bertz CT molecular complexity index is 389. The van der Waals surface area contributed by atoms with Crippen LogP contribution in [0.2, 0.25) is 0 Å². The highest BCUT2D eigenvalue weighted by atomic mass is 32.2. The molecule has 1 aromatic rings. The second-order valence-electron chi connectivity index (χ2n) is 5.70. The topological polar surface area (TPSA) is 29.9 Å². The normalized spacial score (nSPS) is 14.3. The van der Waals surface area contributed by atoms with Crippen molar-refractivity contribution in [2.75, 3.05) is 12.3 Å². The van der Waals surface area contributed by atoms with Gasteiger partial charge in [-0.15, -0.1) is 0 Å². The molecule has 0 saturated carbocycles. The van der Waals surface area contributed by atoms with Gasteiger partial charge in [0.2, 0.25) is 0 Å². The highest BCUT2D eigenvalue weighted by Crippen LogP contribution is 2.17. The Morgan fingerprint density at radius 1 is 1.29 bits per heavy atom. The Morgan fingerprint density at radius 3 is 2.62 bits per heavy atom. The Kier molecular flexibility index (Phi) is 9.09. The molecule has 21 heavy (non-hydrogen) atoms. The van der Waals surface area contributed by atoms with E-state index in [9.17, 15) is 0 Å². The molecule has 0 amide bonds. The van der Waals surface area contributed by atoms with Gasteiger partial charge in [-0.2, -0.15) is 16.9 Å². The largest absolute Gasteiger partial charge is 0.313 e. The van der Waals surface area contributed by atoms with Gasteiger partial charge in [-0.3, -0.25) is 4.68 Å². The van der Waals surface area contributed by atoms with E-state index in [1.54, 1.807) is 0 Å². The molecule has 122 valence electrons. The molecule has 4 heteroatoms. The molecule has 1 aromatic heterocycles. The van der Waals surface area contributed by atoms with Crippen LogP contribution in [0.25, 0.3) is 0 Å². The summed E-state index contributed by atoms with van der Waals surface area (Å²) in [4.78, 5) is 0. The number of aryl methyl sites for hydroxylation is 2. The highest BCUT2D eigenvalue weighted by molar-refractivity contribution is 7.99. The molecule has 0 radical (unpaired) electrons. The molecule has 2 unspecified atom stereocenters. The van der Waals surface area contributed by atoms with E-state index < -0.39 is 0 Å². The average Bonchev–Trinajstić information content (AvgIpc) is 2.91. The number of rotatable bonds is 11. The van der Waals surface area contributed by atoms with Crippen LogP contribution in [-0.2, 0) is 19.4 Å². The van der Waals surface area contributed by atoms with Gasteiger partial charge >= 0.3 is 0 Å². The number of thioether (sulfide) groups is 1. The zero-order valence-electron chi connectivity index (χ0n) is 14.5. The van der Waals surface area contributed by atoms with Gasteiger partial charge in [-0.05, 0) is 38.8 Å².